The first-order valence-electron chi connectivity index (χ1n) is 10.3. The molecule has 1 aliphatic carbocycles. The zero-order valence-electron chi connectivity index (χ0n) is 17.8. The van der Waals surface area contributed by atoms with E-state index in [0.29, 0.717) is 0 Å². The molecule has 1 aliphatic rings. The summed E-state index contributed by atoms with van der Waals surface area (Å²) < 4.78 is 9.14. The van der Waals surface area contributed by atoms with Gasteiger partial charge in [0.25, 0.3) is 0 Å². The second-order valence-corrected chi connectivity index (χ2v) is 9.10. The number of hydrogen-bond acceptors (Lipinski definition) is 1. The number of hydrogen-bond donors (Lipinski definition) is 0. The lowest BCUT2D eigenvalue weighted by molar-refractivity contribution is 0.157. The summed E-state index contributed by atoms with van der Waals surface area (Å²) in [6, 6.07) is 23.1. The van der Waals surface area contributed by atoms with Crippen LogP contribution in [-0.2, 0) is 0 Å². The highest BCUT2D eigenvalue weighted by Gasteiger charge is 2.46. The maximum atomic E-state index is 9.14. The summed E-state index contributed by atoms with van der Waals surface area (Å²) in [4.78, 5) is 4.53. The van der Waals surface area contributed by atoms with Gasteiger partial charge in [0.05, 0.1) is 5.69 Å². The molecule has 0 amide bonds. The number of pyridine rings is 1. The Labute approximate surface area is 164 Å². The zero-order chi connectivity index (χ0) is 20.0. The van der Waals surface area contributed by atoms with E-state index in [9.17, 15) is 0 Å². The van der Waals surface area contributed by atoms with Crippen LogP contribution in [0.5, 0.6) is 0 Å². The van der Waals surface area contributed by atoms with Gasteiger partial charge in [0.15, 0.2) is 0 Å². The van der Waals surface area contributed by atoms with Crippen LogP contribution in [0.3, 0.4) is 0 Å². The second-order valence-electron chi connectivity index (χ2n) is 9.10. The summed E-state index contributed by atoms with van der Waals surface area (Å²) in [7, 11) is 0. The van der Waals surface area contributed by atoms with Crippen molar-refractivity contribution in [2.45, 2.75) is 46.4 Å². The molecule has 1 aromatic heterocycles. The van der Waals surface area contributed by atoms with Gasteiger partial charge in [-0.1, -0.05) is 82.3 Å². The van der Waals surface area contributed by atoms with Gasteiger partial charge >= 0.3 is 0 Å². The van der Waals surface area contributed by atoms with E-state index in [1.54, 1.807) is 0 Å². The Morgan fingerprint density at radius 3 is 2.04 bits per heavy atom. The molecule has 0 N–H and O–H groups in total. The third-order valence-corrected chi connectivity index (χ3v) is 6.60. The normalized spacial score (nSPS) is 20.2. The molecule has 0 saturated heterocycles. The molecule has 0 aliphatic heterocycles. The summed E-state index contributed by atoms with van der Waals surface area (Å²) >= 11 is 0. The Hall–Kier alpha value is -2.41. The molecular weight excluding hydrogens is 326 g/mol. The Bertz CT molecular complexity index is 955. The first kappa shape index (κ1) is 16.7. The van der Waals surface area contributed by atoms with E-state index in [1.165, 1.54) is 5.56 Å². The fourth-order valence-electron chi connectivity index (χ4n) is 4.09. The molecule has 1 heteroatoms. The summed E-state index contributed by atoms with van der Waals surface area (Å²) in [5.41, 5.74) is 5.91. The predicted octanol–water partition coefficient (Wildman–Crippen LogP) is 7.35. The minimum Gasteiger partial charge on any atom is -0.256 e. The molecule has 0 bridgehead atoms. The van der Waals surface area contributed by atoms with Crippen LogP contribution < -0.4 is 0 Å². The van der Waals surface area contributed by atoms with Crippen LogP contribution in [0.2, 0.25) is 0 Å². The maximum absolute atomic E-state index is 9.14. The van der Waals surface area contributed by atoms with Crippen LogP contribution in [-0.4, -0.2) is 4.98 Å². The minimum absolute atomic E-state index is 0.170. The lowest BCUT2D eigenvalue weighted by Gasteiger charge is -2.34. The van der Waals surface area contributed by atoms with Crippen LogP contribution >= 0.6 is 0 Å². The fraction of sp³-hybridized carbons (Fsp3) is 0.346. The third-order valence-electron chi connectivity index (χ3n) is 6.60. The lowest BCUT2D eigenvalue weighted by Crippen LogP contribution is -2.25. The van der Waals surface area contributed by atoms with Gasteiger partial charge in [-0.25, -0.2) is 0 Å². The molecule has 0 atom stereocenters. The van der Waals surface area contributed by atoms with Crippen molar-refractivity contribution in [3.8, 4) is 22.4 Å². The van der Waals surface area contributed by atoms with E-state index < -0.39 is 5.89 Å². The monoisotopic (exact) mass is 356 g/mol. The molecule has 1 fully saturated rings. The van der Waals surface area contributed by atoms with Crippen LogP contribution in [0.25, 0.3) is 22.4 Å². The van der Waals surface area contributed by atoms with Crippen molar-refractivity contribution >= 4 is 0 Å². The van der Waals surface area contributed by atoms with E-state index in [0.717, 1.165) is 35.2 Å². The van der Waals surface area contributed by atoms with Crippen molar-refractivity contribution in [3.05, 3.63) is 78.5 Å². The van der Waals surface area contributed by atoms with Crippen LogP contribution in [0.15, 0.2) is 72.9 Å². The Balaban J connectivity index is 1.63. The minimum atomic E-state index is -0.501. The van der Waals surface area contributed by atoms with Gasteiger partial charge in [-0.15, -0.1) is 0 Å². The lowest BCUT2D eigenvalue weighted by atomic mass is 9.71. The number of nitrogens with zero attached hydrogens (tertiary/aromatic N) is 1. The van der Waals surface area contributed by atoms with Crippen molar-refractivity contribution < 1.29 is 1.37 Å². The second kappa shape index (κ2) is 6.64. The molecule has 3 aromatic rings. The molecule has 0 unspecified atom stereocenters. The molecule has 0 spiro atoms. The van der Waals surface area contributed by atoms with Gasteiger partial charge in [0.1, 0.15) is 0 Å². The average Bonchev–Trinajstić information content (AvgIpc) is 2.86. The largest absolute Gasteiger partial charge is 0.256 e. The van der Waals surface area contributed by atoms with Gasteiger partial charge < -0.3 is 0 Å². The smallest absolute Gasteiger partial charge is 0.0708 e. The molecule has 1 heterocycles. The van der Waals surface area contributed by atoms with Crippen LogP contribution in [0.4, 0.5) is 0 Å². The molecule has 0 radical (unpaired) electrons. The standard InChI is InChI=1S/C26H29N/c1-25(2)17-23(18-26(25,3)4)20-12-10-19(11-13-20)22-14-15-27-24(16-22)21-8-6-5-7-9-21/h5-16,23H,17-18H2,1-4H3/i23D. The SMILES string of the molecule is [2H]C1(c2ccc(-c3ccnc(-c4ccccc4)c3)cc2)CC(C)(C)C(C)(C)C1. The average molecular weight is 357 g/mol. The van der Waals surface area contributed by atoms with Crippen molar-refractivity contribution in [2.24, 2.45) is 10.8 Å². The summed E-state index contributed by atoms with van der Waals surface area (Å²) in [5.74, 6) is -0.501. The summed E-state index contributed by atoms with van der Waals surface area (Å²) in [6.45, 7) is 9.22. The Kier molecular flexibility index (Phi) is 4.11. The molecule has 27 heavy (non-hydrogen) atoms. The van der Waals surface area contributed by atoms with Gasteiger partial charge in [-0.05, 0) is 58.4 Å². The molecule has 138 valence electrons. The topological polar surface area (TPSA) is 12.9 Å². The highest BCUT2D eigenvalue weighted by molar-refractivity contribution is 5.70. The number of rotatable bonds is 3. The van der Waals surface area contributed by atoms with Gasteiger partial charge in [-0.2, -0.15) is 0 Å². The maximum Gasteiger partial charge on any atom is 0.0708 e. The van der Waals surface area contributed by atoms with Crippen LogP contribution in [0, 0.1) is 10.8 Å². The van der Waals surface area contributed by atoms with E-state index >= 15 is 0 Å². The highest BCUT2D eigenvalue weighted by atomic mass is 14.7. The quantitative estimate of drug-likeness (QED) is 0.478. The molecule has 1 saturated carbocycles. The van der Waals surface area contributed by atoms with Crippen molar-refractivity contribution in [1.29, 1.82) is 0 Å². The van der Waals surface area contributed by atoms with E-state index in [-0.39, 0.29) is 10.8 Å². The molecule has 2 aromatic carbocycles. The Morgan fingerprint density at radius 2 is 1.41 bits per heavy atom. The summed E-state index contributed by atoms with van der Waals surface area (Å²) in [6.07, 6.45) is 3.68. The fourth-order valence-corrected chi connectivity index (χ4v) is 4.09. The first-order chi connectivity index (χ1) is 13.2. The first-order valence-corrected chi connectivity index (χ1v) is 9.83. The van der Waals surface area contributed by atoms with Crippen molar-refractivity contribution in [3.63, 3.8) is 0 Å². The number of benzene rings is 2. The van der Waals surface area contributed by atoms with E-state index in [2.05, 4.69) is 81.2 Å². The molecule has 4 rings (SSSR count). The summed E-state index contributed by atoms with van der Waals surface area (Å²) in [5, 5.41) is 0. The zero-order valence-corrected chi connectivity index (χ0v) is 16.8. The Morgan fingerprint density at radius 1 is 0.778 bits per heavy atom. The molecule has 1 nitrogen and oxygen atoms in total. The van der Waals surface area contributed by atoms with Gasteiger partial charge in [0.2, 0.25) is 0 Å². The third kappa shape index (κ3) is 3.43. The van der Waals surface area contributed by atoms with Crippen molar-refractivity contribution in [1.82, 2.24) is 4.98 Å². The van der Waals surface area contributed by atoms with E-state index in [4.69, 9.17) is 1.37 Å². The van der Waals surface area contributed by atoms with Gasteiger partial charge in [0, 0.05) is 13.1 Å². The van der Waals surface area contributed by atoms with Crippen LogP contribution in [0.1, 0.15) is 53.4 Å². The molecular formula is C26H29N. The van der Waals surface area contributed by atoms with Crippen molar-refractivity contribution in [2.75, 3.05) is 0 Å². The highest BCUT2D eigenvalue weighted by Crippen LogP contribution is 2.57. The number of aromatic nitrogens is 1. The predicted molar refractivity (Wildman–Crippen MR) is 115 cm³/mol. The van der Waals surface area contributed by atoms with E-state index in [1.807, 2.05) is 24.4 Å². The van der Waals surface area contributed by atoms with Gasteiger partial charge in [-0.3, -0.25) is 4.98 Å².